The predicted octanol–water partition coefficient (Wildman–Crippen LogP) is 4.98. The summed E-state index contributed by atoms with van der Waals surface area (Å²) >= 11 is 12.1. The molecule has 1 amide bonds. The van der Waals surface area contributed by atoms with Crippen molar-refractivity contribution in [1.29, 1.82) is 0 Å². The summed E-state index contributed by atoms with van der Waals surface area (Å²) in [6, 6.07) is 12.0. The number of ether oxygens (including phenoxy) is 2. The van der Waals surface area contributed by atoms with Crippen molar-refractivity contribution in [3.05, 3.63) is 64.1 Å². The van der Waals surface area contributed by atoms with Gasteiger partial charge in [0, 0.05) is 21.7 Å². The Hall–Kier alpha value is -2.50. The van der Waals surface area contributed by atoms with E-state index in [1.165, 1.54) is 19.1 Å². The highest BCUT2D eigenvalue weighted by molar-refractivity contribution is 6.37. The van der Waals surface area contributed by atoms with Crippen LogP contribution in [0, 0.1) is 0 Å². The van der Waals surface area contributed by atoms with Crippen LogP contribution in [-0.2, 0) is 14.3 Å². The first-order chi connectivity index (χ1) is 12.9. The smallest absolute Gasteiger partial charge is 0.331 e. The third kappa shape index (κ3) is 6.01. The first kappa shape index (κ1) is 20.8. The van der Waals surface area contributed by atoms with E-state index in [1.807, 2.05) is 6.92 Å². The zero-order valence-corrected chi connectivity index (χ0v) is 16.4. The molecular weight excluding hydrogens is 389 g/mol. The third-order valence-corrected chi connectivity index (χ3v) is 4.15. The Morgan fingerprint density at radius 3 is 2.44 bits per heavy atom. The fraction of sp³-hybridized carbons (Fsp3) is 0.200. The van der Waals surface area contributed by atoms with Gasteiger partial charge in [-0.25, -0.2) is 4.79 Å². The molecule has 0 heterocycles. The standard InChI is InChI=1S/C20H19Cl2NO4/c1-3-26-18-10-5-4-9-17(18)23-20(25)13(2)27-19(24)12-11-14-15(21)7-6-8-16(14)22/h4-13H,3H2,1-2H3,(H,23,25)/b12-11+/t13-/m1/s1. The van der Waals surface area contributed by atoms with Crippen molar-refractivity contribution in [2.45, 2.75) is 20.0 Å². The minimum absolute atomic E-state index is 0.407. The molecule has 0 aliphatic heterocycles. The van der Waals surface area contributed by atoms with Crippen molar-refractivity contribution in [2.75, 3.05) is 11.9 Å². The predicted molar refractivity (Wildman–Crippen MR) is 107 cm³/mol. The van der Waals surface area contributed by atoms with Crippen LogP contribution in [0.5, 0.6) is 5.75 Å². The summed E-state index contributed by atoms with van der Waals surface area (Å²) in [5.74, 6) is -0.619. The molecule has 7 heteroatoms. The first-order valence-corrected chi connectivity index (χ1v) is 9.03. The quantitative estimate of drug-likeness (QED) is 0.519. The molecule has 5 nitrogen and oxygen atoms in total. The molecule has 2 aromatic carbocycles. The van der Waals surface area contributed by atoms with E-state index >= 15 is 0 Å². The molecule has 0 aromatic heterocycles. The number of halogens is 2. The summed E-state index contributed by atoms with van der Waals surface area (Å²) in [5, 5.41) is 3.50. The second-order valence-corrected chi connectivity index (χ2v) is 6.28. The van der Waals surface area contributed by atoms with E-state index in [4.69, 9.17) is 32.7 Å². The topological polar surface area (TPSA) is 64.6 Å². The highest BCUT2D eigenvalue weighted by atomic mass is 35.5. The zero-order chi connectivity index (χ0) is 19.8. The summed E-state index contributed by atoms with van der Waals surface area (Å²) < 4.78 is 10.6. The number of para-hydroxylation sites is 2. The molecule has 0 radical (unpaired) electrons. The Morgan fingerprint density at radius 1 is 1.11 bits per heavy atom. The lowest BCUT2D eigenvalue weighted by Gasteiger charge is -2.15. The van der Waals surface area contributed by atoms with Crippen LogP contribution in [0.3, 0.4) is 0 Å². The van der Waals surface area contributed by atoms with Gasteiger partial charge in [0.25, 0.3) is 5.91 Å². The van der Waals surface area contributed by atoms with Crippen molar-refractivity contribution in [2.24, 2.45) is 0 Å². The fourth-order valence-electron chi connectivity index (χ4n) is 2.17. The molecular formula is C20H19Cl2NO4. The number of hydrogen-bond donors (Lipinski definition) is 1. The number of benzene rings is 2. The maximum Gasteiger partial charge on any atom is 0.331 e. The lowest BCUT2D eigenvalue weighted by atomic mass is 10.2. The first-order valence-electron chi connectivity index (χ1n) is 8.27. The van der Waals surface area contributed by atoms with Crippen molar-refractivity contribution in [3.63, 3.8) is 0 Å². The normalized spacial score (nSPS) is 11.9. The summed E-state index contributed by atoms with van der Waals surface area (Å²) in [4.78, 5) is 24.3. The SMILES string of the molecule is CCOc1ccccc1NC(=O)[C@@H](C)OC(=O)/C=C/c1c(Cl)cccc1Cl. The molecule has 0 saturated carbocycles. The van der Waals surface area contributed by atoms with Gasteiger partial charge < -0.3 is 14.8 Å². The van der Waals surface area contributed by atoms with Crippen molar-refractivity contribution in [3.8, 4) is 5.75 Å². The molecule has 0 unspecified atom stereocenters. The van der Waals surface area contributed by atoms with Crippen molar-refractivity contribution < 1.29 is 19.1 Å². The van der Waals surface area contributed by atoms with Crippen LogP contribution in [0.15, 0.2) is 48.5 Å². The Balaban J connectivity index is 1.98. The van der Waals surface area contributed by atoms with Gasteiger partial charge in [0.1, 0.15) is 5.75 Å². The fourth-order valence-corrected chi connectivity index (χ4v) is 2.70. The molecule has 2 rings (SSSR count). The maximum atomic E-state index is 12.3. The van der Waals surface area contributed by atoms with Crippen LogP contribution >= 0.6 is 23.2 Å². The van der Waals surface area contributed by atoms with E-state index in [0.29, 0.717) is 33.7 Å². The van der Waals surface area contributed by atoms with Gasteiger partial charge in [0.15, 0.2) is 6.10 Å². The van der Waals surface area contributed by atoms with Gasteiger partial charge >= 0.3 is 5.97 Å². The number of hydrogen-bond acceptors (Lipinski definition) is 4. The van der Waals surface area contributed by atoms with E-state index in [9.17, 15) is 9.59 Å². The van der Waals surface area contributed by atoms with Crippen LogP contribution < -0.4 is 10.1 Å². The van der Waals surface area contributed by atoms with Crippen molar-refractivity contribution in [1.82, 2.24) is 0 Å². The van der Waals surface area contributed by atoms with Gasteiger partial charge in [-0.05, 0) is 44.2 Å². The van der Waals surface area contributed by atoms with E-state index in [1.54, 1.807) is 42.5 Å². The highest BCUT2D eigenvalue weighted by Gasteiger charge is 2.18. The average molecular weight is 408 g/mol. The van der Waals surface area contributed by atoms with Crippen LogP contribution in [0.2, 0.25) is 10.0 Å². The monoisotopic (exact) mass is 407 g/mol. The van der Waals surface area contributed by atoms with Crippen LogP contribution in [0.4, 0.5) is 5.69 Å². The van der Waals surface area contributed by atoms with Gasteiger partial charge in [-0.3, -0.25) is 4.79 Å². The number of carbonyl (C=O) groups excluding carboxylic acids is 2. The second-order valence-electron chi connectivity index (χ2n) is 5.47. The Morgan fingerprint density at radius 2 is 1.78 bits per heavy atom. The minimum Gasteiger partial charge on any atom is -0.492 e. The second kappa shape index (κ2) is 10.00. The minimum atomic E-state index is -1.00. The van der Waals surface area contributed by atoms with Crippen molar-refractivity contribution >= 4 is 46.8 Å². The van der Waals surface area contributed by atoms with E-state index in [0.717, 1.165) is 0 Å². The lowest BCUT2D eigenvalue weighted by molar-refractivity contribution is -0.148. The number of rotatable bonds is 7. The number of nitrogens with one attached hydrogen (secondary N) is 1. The average Bonchev–Trinajstić information content (AvgIpc) is 2.63. The Labute approximate surface area is 167 Å². The maximum absolute atomic E-state index is 12.3. The van der Waals surface area contributed by atoms with E-state index < -0.39 is 18.0 Å². The summed E-state index contributed by atoms with van der Waals surface area (Å²) in [6.45, 7) is 3.79. The van der Waals surface area contributed by atoms with Crippen LogP contribution in [0.1, 0.15) is 19.4 Å². The van der Waals surface area contributed by atoms with Gasteiger partial charge in [-0.15, -0.1) is 0 Å². The molecule has 142 valence electrons. The van der Waals surface area contributed by atoms with Gasteiger partial charge in [-0.1, -0.05) is 41.4 Å². The molecule has 0 aliphatic carbocycles. The van der Waals surface area contributed by atoms with Gasteiger partial charge in [0.2, 0.25) is 0 Å². The molecule has 2 aromatic rings. The molecule has 0 saturated heterocycles. The van der Waals surface area contributed by atoms with E-state index in [2.05, 4.69) is 5.32 Å². The Bertz CT molecular complexity index is 831. The summed E-state index contributed by atoms with van der Waals surface area (Å²) in [5.41, 5.74) is 1.01. The number of anilines is 1. The highest BCUT2D eigenvalue weighted by Crippen LogP contribution is 2.26. The largest absolute Gasteiger partial charge is 0.492 e. The van der Waals surface area contributed by atoms with E-state index in [-0.39, 0.29) is 0 Å². The number of carbonyl (C=O) groups is 2. The number of esters is 1. The molecule has 1 N–H and O–H groups in total. The van der Waals surface area contributed by atoms with Gasteiger partial charge in [-0.2, -0.15) is 0 Å². The van der Waals surface area contributed by atoms with Crippen LogP contribution in [-0.4, -0.2) is 24.6 Å². The molecule has 27 heavy (non-hydrogen) atoms. The zero-order valence-electron chi connectivity index (χ0n) is 14.9. The molecule has 0 aliphatic rings. The lowest BCUT2D eigenvalue weighted by Crippen LogP contribution is -2.29. The Kier molecular flexibility index (Phi) is 7.70. The third-order valence-electron chi connectivity index (χ3n) is 3.49. The summed E-state index contributed by atoms with van der Waals surface area (Å²) in [6.07, 6.45) is 1.62. The summed E-state index contributed by atoms with van der Waals surface area (Å²) in [7, 11) is 0. The van der Waals surface area contributed by atoms with Gasteiger partial charge in [0.05, 0.1) is 12.3 Å². The molecule has 1 atom stereocenters. The van der Waals surface area contributed by atoms with Crippen LogP contribution in [0.25, 0.3) is 6.08 Å². The molecule has 0 fully saturated rings. The number of amides is 1. The molecule has 0 bridgehead atoms. The molecule has 0 spiro atoms.